The predicted molar refractivity (Wildman–Crippen MR) is 247 cm³/mol. The molecule has 10 rings (SSSR count). The molecule has 5 heteroatoms. The Bertz CT molecular complexity index is 3280. The number of hydrogen-bond donors (Lipinski definition) is 1. The number of aromatic nitrogens is 3. The van der Waals surface area contributed by atoms with Gasteiger partial charge in [-0.15, -0.1) is 23.8 Å². The van der Waals surface area contributed by atoms with E-state index in [0.717, 1.165) is 61.3 Å². The summed E-state index contributed by atoms with van der Waals surface area (Å²) in [7, 11) is 0. The van der Waals surface area contributed by atoms with E-state index in [2.05, 4.69) is 78.2 Å². The van der Waals surface area contributed by atoms with Gasteiger partial charge in [-0.1, -0.05) is 168 Å². The zero-order valence-corrected chi connectivity index (χ0v) is 35.4. The van der Waals surface area contributed by atoms with Crippen molar-refractivity contribution in [1.82, 2.24) is 14.5 Å². The summed E-state index contributed by atoms with van der Waals surface area (Å²) in [5.41, 5.74) is 14.5. The number of rotatable bonds is 8. The molecule has 0 spiro atoms. The van der Waals surface area contributed by atoms with Crippen LogP contribution in [0.3, 0.4) is 0 Å². The molecule has 0 unspecified atom stereocenters. The van der Waals surface area contributed by atoms with Gasteiger partial charge in [-0.05, 0) is 89.1 Å². The standard InChI is InChI=1S/C56H40N3O.Pt/c1-37-25-27-40(28-26-37)43-29-30-57-51(35-43)46-33-44(39-15-6-3-7-16-39)32-45(34-46)47-22-14-23-52-55(47)58-56(48-21-12-13-24-54(48)60)59(52)53-36-49(41-17-8-4-9-18-41)38(2)31-50(53)42-19-10-5-11-20-42;/h3-33,35-36,60H,1-2H3;/q-1;/i2D3;. The third-order valence-corrected chi connectivity index (χ3v) is 11.1. The van der Waals surface area contributed by atoms with Crippen LogP contribution >= 0.6 is 0 Å². The summed E-state index contributed by atoms with van der Waals surface area (Å²) in [5, 5.41) is 11.5. The van der Waals surface area contributed by atoms with Crippen LogP contribution < -0.4 is 0 Å². The van der Waals surface area contributed by atoms with Crippen molar-refractivity contribution in [1.29, 1.82) is 0 Å². The number of phenols is 1. The molecule has 0 saturated heterocycles. The first-order chi connectivity index (χ1) is 30.7. The molecule has 0 radical (unpaired) electrons. The van der Waals surface area contributed by atoms with E-state index in [4.69, 9.17) is 14.1 Å². The van der Waals surface area contributed by atoms with Crippen LogP contribution in [0.1, 0.15) is 15.2 Å². The number of para-hydroxylation sites is 2. The van der Waals surface area contributed by atoms with Crippen molar-refractivity contribution in [3.8, 4) is 89.7 Å². The van der Waals surface area contributed by atoms with Crippen molar-refractivity contribution in [2.75, 3.05) is 0 Å². The first kappa shape index (κ1) is 35.8. The molecule has 2 aromatic heterocycles. The number of benzene rings is 8. The fourth-order valence-electron chi connectivity index (χ4n) is 8.04. The maximum Gasteiger partial charge on any atom is 0.148 e. The zero-order chi connectivity index (χ0) is 43.1. The summed E-state index contributed by atoms with van der Waals surface area (Å²) < 4.78 is 28.2. The van der Waals surface area contributed by atoms with Gasteiger partial charge < -0.3 is 5.11 Å². The molecule has 0 atom stereocenters. The van der Waals surface area contributed by atoms with E-state index >= 15 is 0 Å². The van der Waals surface area contributed by atoms with Gasteiger partial charge in [0.15, 0.2) is 0 Å². The second kappa shape index (κ2) is 16.9. The fraction of sp³-hybridized carbons (Fsp3) is 0.0357. The van der Waals surface area contributed by atoms with E-state index in [1.54, 1.807) is 18.2 Å². The molecule has 0 aliphatic rings. The van der Waals surface area contributed by atoms with Crippen molar-refractivity contribution in [3.63, 3.8) is 0 Å². The molecule has 2 heterocycles. The number of pyridine rings is 1. The molecule has 8 aromatic carbocycles. The number of hydrogen-bond acceptors (Lipinski definition) is 3. The van der Waals surface area contributed by atoms with Gasteiger partial charge >= 0.3 is 0 Å². The molecule has 0 saturated carbocycles. The van der Waals surface area contributed by atoms with E-state index in [1.807, 2.05) is 121 Å². The number of nitrogens with zero attached hydrogens (tertiary/aromatic N) is 3. The summed E-state index contributed by atoms with van der Waals surface area (Å²) in [6, 6.07) is 67.4. The molecule has 0 aliphatic heterocycles. The Morgan fingerprint density at radius 3 is 1.85 bits per heavy atom. The average Bonchev–Trinajstić information content (AvgIpc) is 3.71. The minimum Gasteiger partial charge on any atom is -0.507 e. The molecule has 0 aliphatic carbocycles. The summed E-state index contributed by atoms with van der Waals surface area (Å²) in [5.74, 6) is 0.569. The molecular weight excluding hydrogens is 926 g/mol. The maximum absolute atomic E-state index is 11.5. The quantitative estimate of drug-likeness (QED) is 0.154. The Kier molecular flexibility index (Phi) is 9.89. The van der Waals surface area contributed by atoms with Crippen LogP contribution in [0, 0.1) is 19.8 Å². The largest absolute Gasteiger partial charge is 0.507 e. The SMILES string of the molecule is [2H]C([2H])([2H])c1cc(-c2ccccc2)c(-n2c(-c3ccccc3O)nc3c(-c4[c-]c(-c5cc(-c6ccc(C)cc6)ccn5)cc(-c5ccccc5)c4)cccc32)cc1-c1ccccc1.[Pt]. The predicted octanol–water partition coefficient (Wildman–Crippen LogP) is 14.2. The Morgan fingerprint density at radius 2 is 1.15 bits per heavy atom. The summed E-state index contributed by atoms with van der Waals surface area (Å²) in [6.07, 6.45) is 1.85. The van der Waals surface area contributed by atoms with Crippen molar-refractivity contribution in [2.45, 2.75) is 13.8 Å². The van der Waals surface area contributed by atoms with Crippen LogP contribution in [-0.4, -0.2) is 19.6 Å². The Morgan fingerprint density at radius 1 is 0.525 bits per heavy atom. The molecular formula is C56H40N3OPt-. The maximum atomic E-state index is 11.5. The van der Waals surface area contributed by atoms with Gasteiger partial charge in [-0.25, -0.2) is 4.98 Å². The monoisotopic (exact) mass is 968 g/mol. The molecule has 0 fully saturated rings. The van der Waals surface area contributed by atoms with Crippen LogP contribution in [0.15, 0.2) is 200 Å². The van der Waals surface area contributed by atoms with Crippen LogP contribution in [0.5, 0.6) is 5.75 Å². The average molecular weight is 969 g/mol. The summed E-state index contributed by atoms with van der Waals surface area (Å²) >= 11 is 0. The van der Waals surface area contributed by atoms with Crippen molar-refractivity contribution >= 4 is 11.0 Å². The van der Waals surface area contributed by atoms with Gasteiger partial charge in [-0.2, -0.15) is 0 Å². The molecule has 1 N–H and O–H groups in total. The minimum absolute atomic E-state index is 0. The molecule has 296 valence electrons. The first-order valence-electron chi connectivity index (χ1n) is 21.5. The Hall–Kier alpha value is -7.13. The normalized spacial score (nSPS) is 12.0. The first-order valence-corrected chi connectivity index (χ1v) is 20.0. The molecule has 4 nitrogen and oxygen atoms in total. The summed E-state index contributed by atoms with van der Waals surface area (Å²) in [4.78, 5) is 10.3. The molecule has 10 aromatic rings. The van der Waals surface area contributed by atoms with Crippen LogP contribution in [0.4, 0.5) is 0 Å². The number of aryl methyl sites for hydroxylation is 2. The van der Waals surface area contributed by atoms with Gasteiger partial charge in [0.05, 0.1) is 22.3 Å². The van der Waals surface area contributed by atoms with E-state index in [9.17, 15) is 5.11 Å². The van der Waals surface area contributed by atoms with E-state index in [1.165, 1.54) is 5.56 Å². The topological polar surface area (TPSA) is 50.9 Å². The second-order valence-corrected chi connectivity index (χ2v) is 15.0. The Balaban J connectivity index is 0.00000518. The van der Waals surface area contributed by atoms with Crippen LogP contribution in [0.2, 0.25) is 0 Å². The van der Waals surface area contributed by atoms with Crippen molar-refractivity contribution in [2.24, 2.45) is 0 Å². The van der Waals surface area contributed by atoms with Crippen molar-refractivity contribution < 1.29 is 30.3 Å². The number of aromatic hydroxyl groups is 1. The Labute approximate surface area is 375 Å². The van der Waals surface area contributed by atoms with E-state index in [0.29, 0.717) is 33.7 Å². The number of fused-ring (bicyclic) bond motifs is 1. The number of imidazole rings is 1. The summed E-state index contributed by atoms with van der Waals surface area (Å²) in [6.45, 7) is -0.327. The van der Waals surface area contributed by atoms with Crippen molar-refractivity contribution in [3.05, 3.63) is 218 Å². The van der Waals surface area contributed by atoms with Crippen LogP contribution in [-0.2, 0) is 21.1 Å². The smallest absolute Gasteiger partial charge is 0.148 e. The zero-order valence-electron chi connectivity index (χ0n) is 36.2. The van der Waals surface area contributed by atoms with Gasteiger partial charge in [0.25, 0.3) is 0 Å². The second-order valence-electron chi connectivity index (χ2n) is 15.0. The van der Waals surface area contributed by atoms with E-state index in [-0.39, 0.29) is 32.4 Å². The van der Waals surface area contributed by atoms with Gasteiger partial charge in [-0.3, -0.25) is 9.55 Å². The minimum atomic E-state index is -2.41. The molecule has 61 heavy (non-hydrogen) atoms. The third-order valence-electron chi connectivity index (χ3n) is 11.1. The third kappa shape index (κ3) is 7.63. The van der Waals surface area contributed by atoms with Gasteiger partial charge in [0.1, 0.15) is 11.6 Å². The molecule has 0 amide bonds. The number of phenolic OH excluding ortho intramolecular Hbond substituents is 1. The molecule has 0 bridgehead atoms. The van der Waals surface area contributed by atoms with E-state index < -0.39 is 6.85 Å². The van der Waals surface area contributed by atoms with Gasteiger partial charge in [0, 0.05) is 42.6 Å². The van der Waals surface area contributed by atoms with Crippen LogP contribution in [0.25, 0.3) is 95.0 Å². The fourth-order valence-corrected chi connectivity index (χ4v) is 8.04. The van der Waals surface area contributed by atoms with Gasteiger partial charge in [0.2, 0.25) is 0 Å².